The molecule has 0 spiro atoms. The fraction of sp³-hybridized carbons (Fsp3) is 0.143. The third kappa shape index (κ3) is 1.91. The van der Waals surface area contributed by atoms with Crippen LogP contribution in [0.2, 0.25) is 5.15 Å². The molecule has 0 aliphatic heterocycles. The molecule has 0 atom stereocenters. The van der Waals surface area contributed by atoms with Crippen molar-refractivity contribution in [3.8, 4) is 0 Å². The number of hydrogen-bond donors (Lipinski definition) is 0. The van der Waals surface area contributed by atoms with Crippen molar-refractivity contribution in [2.24, 2.45) is 0 Å². The Morgan fingerprint density at radius 3 is 2.64 bits per heavy atom. The summed E-state index contributed by atoms with van der Waals surface area (Å²) in [6.07, 6.45) is 0. The highest BCUT2D eigenvalue weighted by atomic mass is 35.5. The zero-order valence-electron chi connectivity index (χ0n) is 5.77. The van der Waals surface area contributed by atoms with Gasteiger partial charge in [0.1, 0.15) is 10.8 Å². The number of rotatable bonds is 1. The molecule has 1 aromatic rings. The Kier molecular flexibility index (Phi) is 2.47. The first-order chi connectivity index (χ1) is 5.11. The van der Waals surface area contributed by atoms with Crippen molar-refractivity contribution >= 4 is 28.4 Å². The summed E-state index contributed by atoms with van der Waals surface area (Å²) >= 11 is 10.8. The van der Waals surface area contributed by atoms with Crippen molar-refractivity contribution in [3.05, 3.63) is 28.5 Å². The molecule has 0 aromatic carbocycles. The second-order valence-corrected chi connectivity index (χ2v) is 2.78. The molecule has 1 rings (SSSR count). The van der Waals surface area contributed by atoms with E-state index in [1.807, 2.05) is 0 Å². The average molecular weight is 190 g/mol. The van der Waals surface area contributed by atoms with Gasteiger partial charge in [0.15, 0.2) is 0 Å². The monoisotopic (exact) mass is 189 g/mol. The zero-order chi connectivity index (χ0) is 8.43. The van der Waals surface area contributed by atoms with Gasteiger partial charge in [-0.2, -0.15) is 0 Å². The van der Waals surface area contributed by atoms with Gasteiger partial charge in [0.05, 0.1) is 0 Å². The van der Waals surface area contributed by atoms with Gasteiger partial charge in [0, 0.05) is 0 Å². The van der Waals surface area contributed by atoms with Gasteiger partial charge in [-0.05, 0) is 30.2 Å². The fourth-order valence-corrected chi connectivity index (χ4v) is 0.873. The summed E-state index contributed by atoms with van der Waals surface area (Å²) in [5, 5.41) is -0.275. The smallest absolute Gasteiger partial charge is 0.270 e. The molecule has 1 heterocycles. The van der Waals surface area contributed by atoms with Gasteiger partial charge in [-0.15, -0.1) is 0 Å². The van der Waals surface area contributed by atoms with Gasteiger partial charge in [0.25, 0.3) is 5.24 Å². The van der Waals surface area contributed by atoms with Crippen LogP contribution in [0.25, 0.3) is 0 Å². The molecule has 58 valence electrons. The molecule has 0 N–H and O–H groups in total. The summed E-state index contributed by atoms with van der Waals surface area (Å²) in [6, 6.07) is 3.24. The quantitative estimate of drug-likeness (QED) is 0.502. The third-order valence-corrected chi connectivity index (χ3v) is 1.81. The van der Waals surface area contributed by atoms with E-state index in [9.17, 15) is 4.79 Å². The Labute approximate surface area is 74.1 Å². The minimum absolute atomic E-state index is 0.183. The van der Waals surface area contributed by atoms with E-state index in [-0.39, 0.29) is 5.69 Å². The summed E-state index contributed by atoms with van der Waals surface area (Å²) in [6.45, 7) is 1.80. The van der Waals surface area contributed by atoms with Crippen LogP contribution >= 0.6 is 23.2 Å². The van der Waals surface area contributed by atoms with Crippen molar-refractivity contribution in [3.63, 3.8) is 0 Å². The van der Waals surface area contributed by atoms with Gasteiger partial charge >= 0.3 is 0 Å². The topological polar surface area (TPSA) is 30.0 Å². The maximum absolute atomic E-state index is 10.6. The third-order valence-electron chi connectivity index (χ3n) is 1.24. The number of aromatic nitrogens is 1. The Morgan fingerprint density at radius 2 is 2.18 bits per heavy atom. The van der Waals surface area contributed by atoms with Crippen molar-refractivity contribution in [2.45, 2.75) is 6.92 Å². The molecule has 0 saturated heterocycles. The molecule has 1 aromatic heterocycles. The summed E-state index contributed by atoms with van der Waals surface area (Å²) in [5.74, 6) is 0. The van der Waals surface area contributed by atoms with Gasteiger partial charge in [-0.3, -0.25) is 4.79 Å². The van der Waals surface area contributed by atoms with E-state index in [1.165, 1.54) is 6.07 Å². The molecule has 4 heteroatoms. The van der Waals surface area contributed by atoms with Crippen LogP contribution in [-0.2, 0) is 0 Å². The molecule has 0 aliphatic carbocycles. The molecular weight excluding hydrogens is 185 g/mol. The predicted molar refractivity (Wildman–Crippen MR) is 44.2 cm³/mol. The Morgan fingerprint density at radius 1 is 1.55 bits per heavy atom. The van der Waals surface area contributed by atoms with Crippen LogP contribution in [0.15, 0.2) is 12.1 Å². The highest BCUT2D eigenvalue weighted by Gasteiger charge is 2.04. The number of aryl methyl sites for hydroxylation is 1. The lowest BCUT2D eigenvalue weighted by atomic mass is 10.3. The summed E-state index contributed by atoms with van der Waals surface area (Å²) in [7, 11) is 0. The Balaban J connectivity index is 3.15. The molecular formula is C7H5Cl2NO. The maximum atomic E-state index is 10.6. The molecule has 0 amide bonds. The number of carbonyl (C=O) groups excluding carboxylic acids is 1. The van der Waals surface area contributed by atoms with E-state index >= 15 is 0 Å². The Bertz CT molecular complexity index is 298. The number of pyridine rings is 1. The number of carbonyl (C=O) groups is 1. The predicted octanol–water partition coefficient (Wildman–Crippen LogP) is 2.42. The van der Waals surface area contributed by atoms with E-state index in [0.29, 0.717) is 5.15 Å². The molecule has 2 nitrogen and oxygen atoms in total. The molecule has 0 radical (unpaired) electrons. The number of hydrogen-bond acceptors (Lipinski definition) is 2. The van der Waals surface area contributed by atoms with E-state index in [1.54, 1.807) is 13.0 Å². The molecule has 0 saturated carbocycles. The van der Waals surface area contributed by atoms with E-state index < -0.39 is 5.24 Å². The molecule has 0 unspecified atom stereocenters. The first-order valence-electron chi connectivity index (χ1n) is 2.94. The van der Waals surface area contributed by atoms with Crippen LogP contribution in [0.3, 0.4) is 0 Å². The minimum Gasteiger partial charge on any atom is -0.274 e. The molecule has 11 heavy (non-hydrogen) atoms. The van der Waals surface area contributed by atoms with Crippen LogP contribution in [0.5, 0.6) is 0 Å². The van der Waals surface area contributed by atoms with Crippen molar-refractivity contribution in [2.75, 3.05) is 0 Å². The average Bonchev–Trinajstić information content (AvgIpc) is 1.94. The van der Waals surface area contributed by atoms with Crippen molar-refractivity contribution in [1.82, 2.24) is 4.98 Å². The summed E-state index contributed by atoms with van der Waals surface area (Å²) in [4.78, 5) is 14.3. The summed E-state index contributed by atoms with van der Waals surface area (Å²) in [5.41, 5.74) is 1.01. The van der Waals surface area contributed by atoms with Crippen molar-refractivity contribution < 1.29 is 4.79 Å². The standard InChI is InChI=1S/C7H5Cl2NO/c1-4-2-3-5(7(9)11)10-6(4)8/h2-3H,1H3. The maximum Gasteiger partial charge on any atom is 0.270 e. The lowest BCUT2D eigenvalue weighted by Crippen LogP contribution is -1.94. The van der Waals surface area contributed by atoms with E-state index in [2.05, 4.69) is 4.98 Å². The first-order valence-corrected chi connectivity index (χ1v) is 3.70. The largest absolute Gasteiger partial charge is 0.274 e. The highest BCUT2D eigenvalue weighted by Crippen LogP contribution is 2.12. The first kappa shape index (κ1) is 8.50. The van der Waals surface area contributed by atoms with E-state index in [4.69, 9.17) is 23.2 Å². The van der Waals surface area contributed by atoms with Gasteiger partial charge in [0.2, 0.25) is 0 Å². The van der Waals surface area contributed by atoms with Crippen LogP contribution in [0.4, 0.5) is 0 Å². The second kappa shape index (κ2) is 3.20. The normalized spacial score (nSPS) is 9.73. The van der Waals surface area contributed by atoms with E-state index in [0.717, 1.165) is 5.56 Å². The fourth-order valence-electron chi connectivity index (χ4n) is 0.613. The highest BCUT2D eigenvalue weighted by molar-refractivity contribution is 6.67. The molecule has 0 bridgehead atoms. The lowest BCUT2D eigenvalue weighted by molar-refractivity contribution is 0.107. The lowest BCUT2D eigenvalue weighted by Gasteiger charge is -1.96. The van der Waals surface area contributed by atoms with Crippen molar-refractivity contribution in [1.29, 1.82) is 0 Å². The summed E-state index contributed by atoms with van der Waals surface area (Å²) < 4.78 is 0. The van der Waals surface area contributed by atoms with Crippen LogP contribution in [0.1, 0.15) is 16.1 Å². The molecule has 0 aliphatic rings. The molecule has 0 fully saturated rings. The minimum atomic E-state index is -0.591. The van der Waals surface area contributed by atoms with Crippen LogP contribution < -0.4 is 0 Å². The second-order valence-electron chi connectivity index (χ2n) is 2.08. The zero-order valence-corrected chi connectivity index (χ0v) is 7.28. The van der Waals surface area contributed by atoms with Crippen LogP contribution in [0, 0.1) is 6.92 Å². The Hall–Kier alpha value is -0.600. The number of halogens is 2. The number of nitrogens with zero attached hydrogens (tertiary/aromatic N) is 1. The van der Waals surface area contributed by atoms with Crippen LogP contribution in [-0.4, -0.2) is 10.2 Å². The van der Waals surface area contributed by atoms with Gasteiger partial charge < -0.3 is 0 Å². The van der Waals surface area contributed by atoms with Gasteiger partial charge in [-0.25, -0.2) is 4.98 Å². The van der Waals surface area contributed by atoms with Gasteiger partial charge in [-0.1, -0.05) is 17.7 Å². The SMILES string of the molecule is Cc1ccc(C(=O)Cl)nc1Cl.